The molecule has 8 aromatic carbocycles. The SMILES string of the molecule is N#Cc1cccc(C#N)c1-n1c2ccc(-c3ccccc3)cc2c2cc(-c3ccc4c5cc(-c6ccccc6)ccc5n(-c5ccccc5)c4c3)ccc21. The highest BCUT2D eigenvalue weighted by Crippen LogP contribution is 2.41. The van der Waals surface area contributed by atoms with Crippen molar-refractivity contribution in [3.8, 4) is 56.9 Å². The molecule has 0 saturated heterocycles. The summed E-state index contributed by atoms with van der Waals surface area (Å²) in [6.45, 7) is 0. The molecule has 0 saturated carbocycles. The predicted molar refractivity (Wildman–Crippen MR) is 221 cm³/mol. The fourth-order valence-corrected chi connectivity index (χ4v) is 8.08. The molecule has 0 N–H and O–H groups in total. The van der Waals surface area contributed by atoms with E-state index in [0.717, 1.165) is 60.8 Å². The van der Waals surface area contributed by atoms with Gasteiger partial charge in [-0.2, -0.15) is 10.5 Å². The number of fused-ring (bicyclic) bond motifs is 6. The van der Waals surface area contributed by atoms with Crippen LogP contribution in [0.25, 0.3) is 88.4 Å². The van der Waals surface area contributed by atoms with Crippen LogP contribution in [0.15, 0.2) is 182 Å². The van der Waals surface area contributed by atoms with Gasteiger partial charge in [-0.15, -0.1) is 0 Å². The summed E-state index contributed by atoms with van der Waals surface area (Å²) in [5, 5.41) is 24.9. The third-order valence-corrected chi connectivity index (χ3v) is 10.6. The topological polar surface area (TPSA) is 57.4 Å². The number of rotatable bonds is 5. The van der Waals surface area contributed by atoms with Crippen molar-refractivity contribution in [2.24, 2.45) is 0 Å². The van der Waals surface area contributed by atoms with Gasteiger partial charge in [0.25, 0.3) is 0 Å². The van der Waals surface area contributed by atoms with Crippen LogP contribution in [-0.2, 0) is 0 Å². The van der Waals surface area contributed by atoms with Crippen LogP contribution in [0, 0.1) is 22.7 Å². The highest BCUT2D eigenvalue weighted by molar-refractivity contribution is 6.14. The van der Waals surface area contributed by atoms with Crippen molar-refractivity contribution in [2.75, 3.05) is 0 Å². The third-order valence-electron chi connectivity index (χ3n) is 10.6. The molecule has 0 amide bonds. The van der Waals surface area contributed by atoms with Crippen molar-refractivity contribution in [3.63, 3.8) is 0 Å². The summed E-state index contributed by atoms with van der Waals surface area (Å²) >= 11 is 0. The molecule has 10 rings (SSSR count). The summed E-state index contributed by atoms with van der Waals surface area (Å²) in [5.74, 6) is 0. The lowest BCUT2D eigenvalue weighted by molar-refractivity contribution is 1.15. The van der Waals surface area contributed by atoms with E-state index in [1.807, 2.05) is 6.07 Å². The van der Waals surface area contributed by atoms with Gasteiger partial charge < -0.3 is 9.13 Å². The van der Waals surface area contributed by atoms with Crippen LogP contribution in [0.1, 0.15) is 11.1 Å². The zero-order valence-corrected chi connectivity index (χ0v) is 29.1. The van der Waals surface area contributed by atoms with Crippen molar-refractivity contribution >= 4 is 43.6 Å². The van der Waals surface area contributed by atoms with E-state index in [4.69, 9.17) is 0 Å². The molecular formula is C50H30N4. The molecule has 0 atom stereocenters. The number of nitrogens with zero attached hydrogens (tertiary/aromatic N) is 4. The fraction of sp³-hybridized carbons (Fsp3) is 0. The van der Waals surface area contributed by atoms with Gasteiger partial charge in [-0.3, -0.25) is 0 Å². The van der Waals surface area contributed by atoms with E-state index in [1.165, 1.54) is 21.9 Å². The van der Waals surface area contributed by atoms with Crippen LogP contribution in [0.5, 0.6) is 0 Å². The van der Waals surface area contributed by atoms with E-state index >= 15 is 0 Å². The second kappa shape index (κ2) is 12.5. The maximum absolute atomic E-state index is 10.2. The van der Waals surface area contributed by atoms with E-state index in [9.17, 15) is 10.5 Å². The van der Waals surface area contributed by atoms with Gasteiger partial charge in [0, 0.05) is 27.2 Å². The van der Waals surface area contributed by atoms with Gasteiger partial charge >= 0.3 is 0 Å². The normalized spacial score (nSPS) is 11.3. The van der Waals surface area contributed by atoms with E-state index in [-0.39, 0.29) is 0 Å². The quantitative estimate of drug-likeness (QED) is 0.181. The van der Waals surface area contributed by atoms with Crippen molar-refractivity contribution in [3.05, 3.63) is 193 Å². The van der Waals surface area contributed by atoms with Gasteiger partial charge in [-0.05, 0) is 100 Å². The predicted octanol–water partition coefficient (Wildman–Crippen LogP) is 12.6. The number of hydrogen-bond acceptors (Lipinski definition) is 2. The maximum atomic E-state index is 10.2. The molecule has 0 unspecified atom stereocenters. The first-order valence-corrected chi connectivity index (χ1v) is 18.0. The minimum Gasteiger partial charge on any atom is -0.309 e. The minimum absolute atomic E-state index is 0.457. The molecule has 0 aliphatic rings. The van der Waals surface area contributed by atoms with Crippen LogP contribution in [0.3, 0.4) is 0 Å². The monoisotopic (exact) mass is 686 g/mol. The van der Waals surface area contributed by atoms with Gasteiger partial charge in [0.05, 0.1) is 38.9 Å². The molecule has 0 spiro atoms. The Morgan fingerprint density at radius 3 is 1.26 bits per heavy atom. The average Bonchev–Trinajstić information content (AvgIpc) is 3.75. The van der Waals surface area contributed by atoms with Crippen LogP contribution >= 0.6 is 0 Å². The molecule has 4 heteroatoms. The Hall–Kier alpha value is -7.66. The van der Waals surface area contributed by atoms with Crippen LogP contribution in [-0.4, -0.2) is 9.13 Å². The molecule has 0 bridgehead atoms. The number of para-hydroxylation sites is 2. The summed E-state index contributed by atoms with van der Waals surface area (Å²) in [5.41, 5.74) is 13.6. The number of nitriles is 2. The Balaban J connectivity index is 1.22. The molecule has 0 fully saturated rings. The fourth-order valence-electron chi connectivity index (χ4n) is 8.08. The lowest BCUT2D eigenvalue weighted by atomic mass is 9.99. The van der Waals surface area contributed by atoms with E-state index in [2.05, 4.69) is 179 Å². The third kappa shape index (κ3) is 4.90. The van der Waals surface area contributed by atoms with Gasteiger partial charge in [0.15, 0.2) is 0 Å². The summed E-state index contributed by atoms with van der Waals surface area (Å²) in [7, 11) is 0. The highest BCUT2D eigenvalue weighted by Gasteiger charge is 2.20. The van der Waals surface area contributed by atoms with E-state index < -0.39 is 0 Å². The Labute approximate surface area is 312 Å². The Kier molecular flexibility index (Phi) is 7.22. The molecular weight excluding hydrogens is 657 g/mol. The van der Waals surface area contributed by atoms with Crippen molar-refractivity contribution < 1.29 is 0 Å². The maximum Gasteiger partial charge on any atom is 0.101 e. The van der Waals surface area contributed by atoms with Gasteiger partial charge in [-0.1, -0.05) is 115 Å². The van der Waals surface area contributed by atoms with E-state index in [0.29, 0.717) is 16.8 Å². The summed E-state index contributed by atoms with van der Waals surface area (Å²) < 4.78 is 4.45. The zero-order valence-electron chi connectivity index (χ0n) is 29.1. The van der Waals surface area contributed by atoms with Crippen LogP contribution < -0.4 is 0 Å². The van der Waals surface area contributed by atoms with Crippen molar-refractivity contribution in [1.82, 2.24) is 9.13 Å². The standard InChI is InChI=1S/C50H30N4/c51-31-39-15-10-16-40(32-52)50(39)54-47-25-21-36(34-13-6-2-7-14-34)28-44(47)45-29-37(22-26-48(45)54)38-19-23-42-43-27-35(33-11-4-1-5-12-33)20-24-46(43)53(49(42)30-38)41-17-8-3-9-18-41/h1-30H. The molecule has 2 heterocycles. The van der Waals surface area contributed by atoms with E-state index in [1.54, 1.807) is 18.2 Å². The summed E-state index contributed by atoms with van der Waals surface area (Å²) in [6.07, 6.45) is 0. The van der Waals surface area contributed by atoms with Crippen LogP contribution in [0.4, 0.5) is 0 Å². The molecule has 0 radical (unpaired) electrons. The van der Waals surface area contributed by atoms with Crippen molar-refractivity contribution in [1.29, 1.82) is 10.5 Å². The average molecular weight is 687 g/mol. The Bertz CT molecular complexity index is 3120. The van der Waals surface area contributed by atoms with Gasteiger partial charge in [0.2, 0.25) is 0 Å². The lowest BCUT2D eigenvalue weighted by Gasteiger charge is -2.12. The Morgan fingerprint density at radius 2 is 0.741 bits per heavy atom. The molecule has 250 valence electrons. The smallest absolute Gasteiger partial charge is 0.101 e. The molecule has 54 heavy (non-hydrogen) atoms. The second-order valence-electron chi connectivity index (χ2n) is 13.6. The first kappa shape index (κ1) is 31.1. The van der Waals surface area contributed by atoms with Crippen LogP contribution in [0.2, 0.25) is 0 Å². The summed E-state index contributed by atoms with van der Waals surface area (Å²) in [6, 6.07) is 68.0. The van der Waals surface area contributed by atoms with Gasteiger partial charge in [0.1, 0.15) is 12.1 Å². The first-order chi connectivity index (χ1) is 26.7. The largest absolute Gasteiger partial charge is 0.309 e. The molecule has 0 aliphatic carbocycles. The number of aromatic nitrogens is 2. The minimum atomic E-state index is 0.457. The highest BCUT2D eigenvalue weighted by atomic mass is 15.0. The first-order valence-electron chi connectivity index (χ1n) is 18.0. The van der Waals surface area contributed by atoms with Gasteiger partial charge in [-0.25, -0.2) is 0 Å². The molecule has 0 aliphatic heterocycles. The van der Waals surface area contributed by atoms with Crippen molar-refractivity contribution in [2.45, 2.75) is 0 Å². The Morgan fingerprint density at radius 1 is 0.315 bits per heavy atom. The molecule has 4 nitrogen and oxygen atoms in total. The number of benzene rings is 8. The number of hydrogen-bond donors (Lipinski definition) is 0. The summed E-state index contributed by atoms with van der Waals surface area (Å²) in [4.78, 5) is 0. The second-order valence-corrected chi connectivity index (χ2v) is 13.6. The molecule has 2 aromatic heterocycles. The zero-order chi connectivity index (χ0) is 36.2. The molecule has 10 aromatic rings. The lowest BCUT2D eigenvalue weighted by Crippen LogP contribution is -2.01.